The number of benzene rings is 14. The summed E-state index contributed by atoms with van der Waals surface area (Å²) in [4.78, 5) is 21.2. The zero-order valence-corrected chi connectivity index (χ0v) is 56.4. The molecule has 10 heteroatoms. The molecule has 0 fully saturated rings. The Morgan fingerprint density at radius 1 is 0.206 bits per heavy atom. The predicted molar refractivity (Wildman–Crippen MR) is 429 cm³/mol. The number of rotatable bonds is 8. The molecule has 0 aliphatic heterocycles. The van der Waals surface area contributed by atoms with Gasteiger partial charge >= 0.3 is 0 Å². The lowest BCUT2D eigenvalue weighted by Gasteiger charge is -2.13. The molecule has 22 rings (SSSR count). The molecule has 102 heavy (non-hydrogen) atoms. The van der Waals surface area contributed by atoms with Gasteiger partial charge in [-0.3, -0.25) is 9.13 Å². The highest BCUT2D eigenvalue weighted by molar-refractivity contribution is 7.26. The van der Waals surface area contributed by atoms with Crippen LogP contribution < -0.4 is 0 Å². The Kier molecular flexibility index (Phi) is 13.2. The van der Waals surface area contributed by atoms with E-state index in [2.05, 4.69) is 340 Å². The van der Waals surface area contributed by atoms with E-state index in [1.54, 1.807) is 0 Å². The van der Waals surface area contributed by atoms with Crippen LogP contribution in [0.15, 0.2) is 340 Å². The third-order valence-electron chi connectivity index (χ3n) is 20.3. The molecule has 0 radical (unpaired) electrons. The number of hydrogen-bond acceptors (Lipinski definition) is 6. The van der Waals surface area contributed by atoms with Gasteiger partial charge in [-0.05, 0) is 97.1 Å². The first-order valence-corrected chi connectivity index (χ1v) is 36.0. The van der Waals surface area contributed by atoms with Crippen molar-refractivity contribution >= 4 is 150 Å². The number of thiophene rings is 2. The molecule has 14 aromatic carbocycles. The van der Waals surface area contributed by atoms with E-state index < -0.39 is 0 Å². The molecule has 0 spiro atoms. The Morgan fingerprint density at radius 3 is 1.10 bits per heavy atom. The molecule has 8 aromatic heterocycles. The van der Waals surface area contributed by atoms with Gasteiger partial charge in [0.1, 0.15) is 11.6 Å². The van der Waals surface area contributed by atoms with E-state index in [1.165, 1.54) is 106 Å². The molecule has 476 valence electrons. The van der Waals surface area contributed by atoms with Crippen molar-refractivity contribution in [3.05, 3.63) is 340 Å². The van der Waals surface area contributed by atoms with Crippen LogP contribution in [-0.4, -0.2) is 38.2 Å². The maximum atomic E-state index is 5.44. The fraction of sp³-hybridized carbons (Fsp3) is 0. The second-order valence-electron chi connectivity index (χ2n) is 26.0. The number of nitrogens with zero attached hydrogens (tertiary/aromatic N) is 8. The summed E-state index contributed by atoms with van der Waals surface area (Å²) < 4.78 is 14.4. The maximum Gasteiger partial charge on any atom is 0.163 e. The largest absolute Gasteiger partial charge is 0.309 e. The number of para-hydroxylation sites is 6. The van der Waals surface area contributed by atoms with Crippen molar-refractivity contribution in [2.75, 3.05) is 0 Å². The minimum absolute atomic E-state index is 0.701. The van der Waals surface area contributed by atoms with Gasteiger partial charge in [0.05, 0.1) is 55.5 Å². The van der Waals surface area contributed by atoms with Crippen LogP contribution in [0.2, 0.25) is 0 Å². The third kappa shape index (κ3) is 9.20. The Hall–Kier alpha value is -13.1. The van der Waals surface area contributed by atoms with Gasteiger partial charge in [-0.1, -0.05) is 231 Å². The van der Waals surface area contributed by atoms with Gasteiger partial charge < -0.3 is 9.13 Å². The molecule has 0 aliphatic carbocycles. The van der Waals surface area contributed by atoms with Crippen LogP contribution in [-0.2, 0) is 0 Å². The first-order valence-electron chi connectivity index (χ1n) is 34.3. The topological polar surface area (TPSA) is 71.3 Å². The van der Waals surface area contributed by atoms with E-state index in [9.17, 15) is 0 Å². The van der Waals surface area contributed by atoms with Crippen LogP contribution in [0, 0.1) is 0 Å². The van der Waals surface area contributed by atoms with Gasteiger partial charge in [0, 0.05) is 129 Å². The summed E-state index contributed by atoms with van der Waals surface area (Å²) in [5, 5.41) is 14.7. The van der Waals surface area contributed by atoms with Gasteiger partial charge in [-0.2, -0.15) is 0 Å². The molecular weight excluding hydrogens is 1280 g/mol. The summed E-state index contributed by atoms with van der Waals surface area (Å²) in [6.07, 6.45) is 0. The normalized spacial score (nSPS) is 11.9. The van der Waals surface area contributed by atoms with E-state index in [4.69, 9.17) is 19.9 Å². The van der Waals surface area contributed by atoms with Gasteiger partial charge in [0.2, 0.25) is 0 Å². The highest BCUT2D eigenvalue weighted by atomic mass is 32.1. The number of fused-ring (bicyclic) bond motifs is 18. The summed E-state index contributed by atoms with van der Waals surface area (Å²) in [6.45, 7) is 0. The van der Waals surface area contributed by atoms with Crippen LogP contribution in [0.4, 0.5) is 0 Å². The van der Waals surface area contributed by atoms with E-state index in [0.717, 1.165) is 84.5 Å². The molecule has 8 heterocycles. The fourth-order valence-corrected chi connectivity index (χ4v) is 18.1. The third-order valence-corrected chi connectivity index (χ3v) is 22.6. The molecule has 0 atom stereocenters. The van der Waals surface area contributed by atoms with E-state index in [1.807, 2.05) is 40.9 Å². The summed E-state index contributed by atoms with van der Waals surface area (Å²) >= 11 is 3.64. The van der Waals surface area contributed by atoms with Crippen LogP contribution >= 0.6 is 22.7 Å². The smallest absolute Gasteiger partial charge is 0.163 e. The summed E-state index contributed by atoms with van der Waals surface area (Å²) in [7, 11) is 0. The minimum Gasteiger partial charge on any atom is -0.309 e. The van der Waals surface area contributed by atoms with Gasteiger partial charge in [-0.15, -0.1) is 22.7 Å². The van der Waals surface area contributed by atoms with Gasteiger partial charge in [0.15, 0.2) is 11.6 Å². The highest BCUT2D eigenvalue weighted by Crippen LogP contribution is 2.45. The Labute approximate surface area is 592 Å². The standard InChI is InChI=1S/2C46H28N4S/c1-3-14-29(15-4-1)38-28-44(48-46(47-38)35-22-13-21-34-33-20-9-12-25-43(33)51-45(34)35)50-40-24-11-8-19-32(40)37-26-41-36(27-42(37)50)31-18-7-10-23-39(31)49(41)30-16-5-2-6-17-30;1-3-13-29(14-4-1)46-47-38(30-23-24-35-34-19-9-12-22-43(34)51-44(35)25-30)28-45(48-46)50-40-21-11-8-18-33(40)37-26-41-36(27-42(37)50)32-17-7-10-20-39(32)49(41)31-15-5-2-6-16-31/h2*1-28H. The van der Waals surface area contributed by atoms with Crippen molar-refractivity contribution in [2.45, 2.75) is 0 Å². The SMILES string of the molecule is c1ccc(-c2cc(-n3c4ccccc4c4cc5c(cc43)c3ccccc3n5-c3ccccc3)nc(-c3cccc4c3sc3ccccc34)n2)cc1.c1ccc(-c2nc(-c3ccc4c(c3)sc3ccccc34)cc(-n3c4ccccc4c4cc5c(cc43)c3ccccc3n5-c3ccccc3)n2)cc1. The molecule has 22 aromatic rings. The molecule has 0 aliphatic rings. The van der Waals surface area contributed by atoms with Crippen molar-refractivity contribution in [3.8, 4) is 68.3 Å². The Morgan fingerprint density at radius 2 is 0.578 bits per heavy atom. The van der Waals surface area contributed by atoms with E-state index in [-0.39, 0.29) is 0 Å². The Balaban J connectivity index is 0.000000133. The Bertz CT molecular complexity index is 7120. The molecular formula is C92H56N8S2. The zero-order chi connectivity index (χ0) is 66.9. The molecule has 0 saturated heterocycles. The van der Waals surface area contributed by atoms with Gasteiger partial charge in [0.25, 0.3) is 0 Å². The summed E-state index contributed by atoms with van der Waals surface area (Å²) in [5.74, 6) is 3.10. The van der Waals surface area contributed by atoms with Crippen LogP contribution in [0.1, 0.15) is 0 Å². The van der Waals surface area contributed by atoms with Gasteiger partial charge in [-0.25, -0.2) is 19.9 Å². The first-order chi connectivity index (χ1) is 50.6. The molecule has 0 amide bonds. The second-order valence-corrected chi connectivity index (χ2v) is 28.2. The van der Waals surface area contributed by atoms with Crippen LogP contribution in [0.5, 0.6) is 0 Å². The van der Waals surface area contributed by atoms with E-state index in [0.29, 0.717) is 5.82 Å². The average molecular weight is 1340 g/mol. The molecule has 0 N–H and O–H groups in total. The molecule has 0 saturated carbocycles. The lowest BCUT2D eigenvalue weighted by atomic mass is 10.1. The minimum atomic E-state index is 0.701. The van der Waals surface area contributed by atoms with Crippen molar-refractivity contribution in [3.63, 3.8) is 0 Å². The zero-order valence-electron chi connectivity index (χ0n) is 54.7. The number of hydrogen-bond donors (Lipinski definition) is 0. The molecule has 0 unspecified atom stereocenters. The monoisotopic (exact) mass is 1340 g/mol. The quantitative estimate of drug-likeness (QED) is 0.152. The highest BCUT2D eigenvalue weighted by Gasteiger charge is 2.24. The van der Waals surface area contributed by atoms with E-state index >= 15 is 0 Å². The van der Waals surface area contributed by atoms with Crippen molar-refractivity contribution < 1.29 is 0 Å². The molecule has 8 nitrogen and oxygen atoms in total. The second kappa shape index (κ2) is 23.3. The lowest BCUT2D eigenvalue weighted by molar-refractivity contribution is 1.05. The average Bonchev–Trinajstić information content (AvgIpc) is 1.56. The summed E-state index contributed by atoms with van der Waals surface area (Å²) in [6, 6.07) is 121. The molecule has 0 bridgehead atoms. The summed E-state index contributed by atoms with van der Waals surface area (Å²) in [5.41, 5.74) is 17.4. The van der Waals surface area contributed by atoms with Crippen LogP contribution in [0.3, 0.4) is 0 Å². The number of aromatic nitrogens is 8. The first kappa shape index (κ1) is 57.9. The van der Waals surface area contributed by atoms with Crippen molar-refractivity contribution in [2.24, 2.45) is 0 Å². The maximum absolute atomic E-state index is 5.44. The lowest BCUT2D eigenvalue weighted by Crippen LogP contribution is -2.02. The van der Waals surface area contributed by atoms with Crippen molar-refractivity contribution in [1.82, 2.24) is 38.2 Å². The van der Waals surface area contributed by atoms with Crippen LogP contribution in [0.25, 0.3) is 196 Å². The van der Waals surface area contributed by atoms with Crippen molar-refractivity contribution in [1.29, 1.82) is 0 Å². The fourth-order valence-electron chi connectivity index (χ4n) is 15.7. The predicted octanol–water partition coefficient (Wildman–Crippen LogP) is 24.7.